The second-order valence-electron chi connectivity index (χ2n) is 21.3. The van der Waals surface area contributed by atoms with Gasteiger partial charge in [-0.15, -0.1) is 0 Å². The summed E-state index contributed by atoms with van der Waals surface area (Å²) in [6.45, 7) is 13.8. The third-order valence-electron chi connectivity index (χ3n) is 14.9. The molecule has 1 heterocycles. The van der Waals surface area contributed by atoms with Gasteiger partial charge in [-0.25, -0.2) is 0 Å². The van der Waals surface area contributed by atoms with Crippen molar-refractivity contribution in [3.05, 3.63) is 270 Å². The molecule has 0 aliphatic heterocycles. The highest BCUT2D eigenvalue weighted by Gasteiger charge is 2.46. The first-order valence-electron chi connectivity index (χ1n) is 25.0. The van der Waals surface area contributed by atoms with Gasteiger partial charge in [-0.05, 0) is 132 Å². The van der Waals surface area contributed by atoms with E-state index in [-0.39, 0.29) is 10.8 Å². The lowest BCUT2D eigenvalue weighted by molar-refractivity contribution is 0.588. The van der Waals surface area contributed by atoms with E-state index in [2.05, 4.69) is 271 Å². The Labute approximate surface area is 418 Å². The summed E-state index contributed by atoms with van der Waals surface area (Å²) < 4.78 is 6.22. The average molecular weight is 916 g/mol. The third-order valence-corrected chi connectivity index (χ3v) is 14.9. The van der Waals surface area contributed by atoms with Gasteiger partial charge in [-0.2, -0.15) is 0 Å². The smallest absolute Gasteiger partial charge is 0.135 e. The molecule has 2 nitrogen and oxygen atoms in total. The van der Waals surface area contributed by atoms with E-state index in [0.717, 1.165) is 61.3 Å². The molecule has 344 valence electrons. The third kappa shape index (κ3) is 7.58. The molecule has 0 N–H and O–H groups in total. The Morgan fingerprint density at radius 3 is 1.51 bits per heavy atom. The van der Waals surface area contributed by atoms with E-state index >= 15 is 0 Å². The van der Waals surface area contributed by atoms with E-state index in [1.807, 2.05) is 12.1 Å². The predicted octanol–water partition coefficient (Wildman–Crippen LogP) is 19.0. The Hall–Kier alpha value is -8.20. The lowest BCUT2D eigenvalue weighted by Gasteiger charge is -2.36. The van der Waals surface area contributed by atoms with Crippen LogP contribution in [0.4, 0.5) is 17.1 Å². The first-order chi connectivity index (χ1) is 34.4. The summed E-state index contributed by atoms with van der Waals surface area (Å²) in [6.07, 6.45) is 0. The Morgan fingerprint density at radius 2 is 0.831 bits per heavy atom. The molecule has 1 aromatic heterocycles. The van der Waals surface area contributed by atoms with Crippen LogP contribution in [0, 0.1) is 0 Å². The van der Waals surface area contributed by atoms with Gasteiger partial charge in [0.15, 0.2) is 0 Å². The van der Waals surface area contributed by atoms with Gasteiger partial charge in [-0.3, -0.25) is 0 Å². The molecule has 10 aromatic carbocycles. The van der Waals surface area contributed by atoms with Crippen LogP contribution in [0.2, 0.25) is 0 Å². The Morgan fingerprint density at radius 1 is 0.338 bits per heavy atom. The van der Waals surface area contributed by atoms with Gasteiger partial charge in [0.05, 0.1) is 11.1 Å². The summed E-state index contributed by atoms with van der Waals surface area (Å²) in [6, 6.07) is 87.7. The van der Waals surface area contributed by atoms with Crippen molar-refractivity contribution in [1.82, 2.24) is 0 Å². The van der Waals surface area contributed by atoms with Gasteiger partial charge in [-0.1, -0.05) is 230 Å². The summed E-state index contributed by atoms with van der Waals surface area (Å²) in [5, 5.41) is 2.26. The van der Waals surface area contributed by atoms with Gasteiger partial charge in [0, 0.05) is 27.7 Å². The minimum absolute atomic E-state index is 0.0183. The molecule has 0 atom stereocenters. The number of benzene rings is 10. The molecular formula is C69H57NO. The van der Waals surface area contributed by atoms with E-state index in [9.17, 15) is 0 Å². The molecule has 0 radical (unpaired) electrons. The predicted molar refractivity (Wildman–Crippen MR) is 299 cm³/mol. The molecule has 0 saturated heterocycles. The van der Waals surface area contributed by atoms with Crippen molar-refractivity contribution in [1.29, 1.82) is 0 Å². The van der Waals surface area contributed by atoms with Crippen molar-refractivity contribution in [2.24, 2.45) is 0 Å². The lowest BCUT2D eigenvalue weighted by atomic mass is 9.67. The van der Waals surface area contributed by atoms with Crippen molar-refractivity contribution < 1.29 is 4.42 Å². The average Bonchev–Trinajstić information content (AvgIpc) is 3.92. The van der Waals surface area contributed by atoms with Crippen molar-refractivity contribution in [3.8, 4) is 44.5 Å². The van der Waals surface area contributed by atoms with Crippen LogP contribution in [-0.4, -0.2) is 0 Å². The molecule has 0 bridgehead atoms. The summed E-state index contributed by atoms with van der Waals surface area (Å²) in [7, 11) is 0. The van der Waals surface area contributed by atoms with Crippen LogP contribution in [0.15, 0.2) is 241 Å². The number of para-hydroxylation sites is 2. The summed E-state index contributed by atoms with van der Waals surface area (Å²) in [4.78, 5) is 2.47. The molecule has 12 rings (SSSR count). The molecule has 0 fully saturated rings. The van der Waals surface area contributed by atoms with Crippen LogP contribution < -0.4 is 4.90 Å². The van der Waals surface area contributed by atoms with Crippen LogP contribution in [0.3, 0.4) is 0 Å². The quantitative estimate of drug-likeness (QED) is 0.151. The van der Waals surface area contributed by atoms with Crippen molar-refractivity contribution in [3.63, 3.8) is 0 Å². The van der Waals surface area contributed by atoms with E-state index < -0.39 is 5.41 Å². The number of anilines is 3. The van der Waals surface area contributed by atoms with Crippen LogP contribution in [-0.2, 0) is 16.2 Å². The van der Waals surface area contributed by atoms with E-state index in [1.54, 1.807) is 0 Å². The minimum Gasteiger partial charge on any atom is -0.456 e. The number of hydrogen-bond acceptors (Lipinski definition) is 2. The molecular weight excluding hydrogens is 859 g/mol. The number of hydrogen-bond donors (Lipinski definition) is 0. The zero-order valence-corrected chi connectivity index (χ0v) is 41.4. The maximum atomic E-state index is 6.22. The van der Waals surface area contributed by atoms with Crippen LogP contribution in [0.25, 0.3) is 66.4 Å². The van der Waals surface area contributed by atoms with Crippen LogP contribution >= 0.6 is 0 Å². The molecule has 2 heteroatoms. The van der Waals surface area contributed by atoms with Crippen molar-refractivity contribution in [2.75, 3.05) is 4.90 Å². The first-order valence-corrected chi connectivity index (χ1v) is 25.0. The number of rotatable bonds is 8. The highest BCUT2D eigenvalue weighted by molar-refractivity contribution is 6.06. The van der Waals surface area contributed by atoms with Gasteiger partial charge < -0.3 is 9.32 Å². The Balaban J connectivity index is 1.06. The second kappa shape index (κ2) is 17.0. The Bertz CT molecular complexity index is 3670. The zero-order valence-electron chi connectivity index (χ0n) is 41.4. The van der Waals surface area contributed by atoms with E-state index in [4.69, 9.17) is 4.42 Å². The minimum atomic E-state index is -0.590. The fraction of sp³-hybridized carbons (Fsp3) is 0.130. The number of fused-ring (bicyclic) bond motifs is 6. The maximum absolute atomic E-state index is 6.22. The highest BCUT2D eigenvalue weighted by Crippen LogP contribution is 2.58. The molecule has 1 aliphatic rings. The van der Waals surface area contributed by atoms with E-state index in [0.29, 0.717) is 0 Å². The fourth-order valence-corrected chi connectivity index (χ4v) is 11.2. The normalized spacial score (nSPS) is 13.0. The van der Waals surface area contributed by atoms with Crippen LogP contribution in [0.1, 0.15) is 74.9 Å². The topological polar surface area (TPSA) is 16.4 Å². The summed E-state index contributed by atoms with van der Waals surface area (Å²) in [5.74, 6) is 0. The molecule has 1 aliphatic carbocycles. The van der Waals surface area contributed by atoms with Gasteiger partial charge in [0.1, 0.15) is 11.2 Å². The largest absolute Gasteiger partial charge is 0.456 e. The zero-order chi connectivity index (χ0) is 48.5. The van der Waals surface area contributed by atoms with Gasteiger partial charge in [0.2, 0.25) is 0 Å². The molecule has 0 unspecified atom stereocenters. The summed E-state index contributed by atoms with van der Waals surface area (Å²) in [5.41, 5.74) is 21.8. The standard InChI is InChI=1S/C69H57NO/c1-67(2,3)51-31-35-53(36-32-51)69(54-37-33-52(34-38-54)68(4,5)6)62-21-13-10-19-58(62)59-42-41-56(45-63(59)69)70(64-22-14-11-18-57(64)49-26-24-47(25-27-49)46-16-8-7-9-17-46)55-39-28-48(29-40-55)50-30-43-66-61(44-50)60-20-12-15-23-65(60)71-66/h7-45H,1-6H3. The first kappa shape index (κ1) is 44.0. The Kier molecular flexibility index (Phi) is 10.6. The molecule has 0 amide bonds. The maximum Gasteiger partial charge on any atom is 0.135 e. The molecule has 0 saturated carbocycles. The van der Waals surface area contributed by atoms with Crippen molar-refractivity contribution >= 4 is 39.0 Å². The highest BCUT2D eigenvalue weighted by atomic mass is 16.3. The van der Waals surface area contributed by atoms with Gasteiger partial charge in [0.25, 0.3) is 0 Å². The van der Waals surface area contributed by atoms with Crippen molar-refractivity contribution in [2.45, 2.75) is 57.8 Å². The molecule has 11 aromatic rings. The second-order valence-corrected chi connectivity index (χ2v) is 21.3. The SMILES string of the molecule is CC(C)(C)c1ccc(C2(c3ccc(C(C)(C)C)cc3)c3ccccc3-c3ccc(N(c4ccc(-c5ccc6oc7ccccc7c6c5)cc4)c4ccccc4-c4ccc(-c5ccccc5)cc4)cc32)cc1. The van der Waals surface area contributed by atoms with Gasteiger partial charge >= 0.3 is 0 Å². The molecule has 0 spiro atoms. The van der Waals surface area contributed by atoms with Crippen LogP contribution in [0.5, 0.6) is 0 Å². The number of nitrogens with zero attached hydrogens (tertiary/aromatic N) is 1. The molecule has 71 heavy (non-hydrogen) atoms. The number of furan rings is 1. The monoisotopic (exact) mass is 915 g/mol. The lowest BCUT2D eigenvalue weighted by Crippen LogP contribution is -2.29. The fourth-order valence-electron chi connectivity index (χ4n) is 11.2. The summed E-state index contributed by atoms with van der Waals surface area (Å²) >= 11 is 0. The van der Waals surface area contributed by atoms with E-state index in [1.165, 1.54) is 55.6 Å².